The van der Waals surface area contributed by atoms with Crippen LogP contribution in [0.5, 0.6) is 0 Å². The van der Waals surface area contributed by atoms with E-state index < -0.39 is 0 Å². The van der Waals surface area contributed by atoms with E-state index in [9.17, 15) is 4.39 Å². The molecule has 2 atom stereocenters. The van der Waals surface area contributed by atoms with Gasteiger partial charge >= 0.3 is 0 Å². The van der Waals surface area contributed by atoms with E-state index in [0.717, 1.165) is 5.56 Å². The Morgan fingerprint density at radius 1 is 1.00 bits per heavy atom. The van der Waals surface area contributed by atoms with Gasteiger partial charge in [0.25, 0.3) is 0 Å². The van der Waals surface area contributed by atoms with E-state index in [1.54, 1.807) is 12.1 Å². The topological polar surface area (TPSA) is 26.0 Å². The van der Waals surface area contributed by atoms with Crippen LogP contribution in [0.15, 0.2) is 59.5 Å². The number of nitrogens with two attached hydrogens (primary N) is 1. The van der Waals surface area contributed by atoms with Crippen molar-refractivity contribution in [2.75, 3.05) is 0 Å². The third-order valence-corrected chi connectivity index (χ3v) is 4.09. The Labute approximate surface area is 111 Å². The lowest BCUT2D eigenvalue weighted by molar-refractivity contribution is 0.600. The van der Waals surface area contributed by atoms with E-state index in [-0.39, 0.29) is 17.1 Å². The van der Waals surface area contributed by atoms with Crippen molar-refractivity contribution in [3.63, 3.8) is 0 Å². The van der Waals surface area contributed by atoms with Crippen molar-refractivity contribution in [2.45, 2.75) is 23.1 Å². The van der Waals surface area contributed by atoms with E-state index in [1.807, 2.05) is 43.3 Å². The maximum atomic E-state index is 13.6. The average Bonchev–Trinajstić information content (AvgIpc) is 2.41. The monoisotopic (exact) mass is 261 g/mol. The van der Waals surface area contributed by atoms with Crippen LogP contribution in [0.4, 0.5) is 4.39 Å². The molecule has 0 amide bonds. The molecule has 0 aliphatic heterocycles. The number of hydrogen-bond donors (Lipinski definition) is 1. The van der Waals surface area contributed by atoms with Crippen LogP contribution >= 0.6 is 11.8 Å². The third kappa shape index (κ3) is 3.12. The predicted octanol–water partition coefficient (Wildman–Crippen LogP) is 4.01. The lowest BCUT2D eigenvalue weighted by Gasteiger charge is -2.20. The molecule has 1 nitrogen and oxygen atoms in total. The second-order valence-electron chi connectivity index (χ2n) is 4.19. The Hall–Kier alpha value is -1.32. The minimum Gasteiger partial charge on any atom is -0.323 e. The molecule has 2 N–H and O–H groups in total. The summed E-state index contributed by atoms with van der Waals surface area (Å²) in [7, 11) is 0. The van der Waals surface area contributed by atoms with Gasteiger partial charge in [0, 0.05) is 16.2 Å². The zero-order valence-electron chi connectivity index (χ0n) is 10.2. The molecule has 0 bridgehead atoms. The van der Waals surface area contributed by atoms with Gasteiger partial charge in [-0.05, 0) is 17.7 Å². The highest BCUT2D eigenvalue weighted by molar-refractivity contribution is 8.00. The lowest BCUT2D eigenvalue weighted by Crippen LogP contribution is -2.21. The molecular weight excluding hydrogens is 245 g/mol. The van der Waals surface area contributed by atoms with Gasteiger partial charge in [0.1, 0.15) is 5.82 Å². The standard InChI is InChI=1S/C15H16FNS/c1-11(15(17)12-7-3-2-4-8-12)18-14-10-6-5-9-13(14)16/h2-11,15H,17H2,1H3. The van der Waals surface area contributed by atoms with Gasteiger partial charge in [-0.2, -0.15) is 0 Å². The first kappa shape index (κ1) is 13.1. The molecule has 0 fully saturated rings. The van der Waals surface area contributed by atoms with Gasteiger partial charge in [-0.1, -0.05) is 49.4 Å². The van der Waals surface area contributed by atoms with Crippen LogP contribution in [0.25, 0.3) is 0 Å². The lowest BCUT2D eigenvalue weighted by atomic mass is 10.1. The van der Waals surface area contributed by atoms with Gasteiger partial charge in [-0.3, -0.25) is 0 Å². The molecule has 0 aliphatic rings. The predicted molar refractivity (Wildman–Crippen MR) is 75.1 cm³/mol. The molecule has 0 aromatic heterocycles. The molecule has 94 valence electrons. The fraction of sp³-hybridized carbons (Fsp3) is 0.200. The minimum atomic E-state index is -0.186. The first-order valence-electron chi connectivity index (χ1n) is 5.90. The van der Waals surface area contributed by atoms with Crippen molar-refractivity contribution in [2.24, 2.45) is 5.73 Å². The normalized spacial score (nSPS) is 14.2. The highest BCUT2D eigenvalue weighted by atomic mass is 32.2. The van der Waals surface area contributed by atoms with Crippen molar-refractivity contribution >= 4 is 11.8 Å². The van der Waals surface area contributed by atoms with Gasteiger partial charge in [0.05, 0.1) is 0 Å². The molecule has 3 heteroatoms. The van der Waals surface area contributed by atoms with Crippen LogP contribution in [-0.2, 0) is 0 Å². The van der Waals surface area contributed by atoms with Crippen LogP contribution in [-0.4, -0.2) is 5.25 Å². The average molecular weight is 261 g/mol. The summed E-state index contributed by atoms with van der Waals surface area (Å²) in [4.78, 5) is 0.649. The molecule has 18 heavy (non-hydrogen) atoms. The molecule has 0 radical (unpaired) electrons. The fourth-order valence-corrected chi connectivity index (χ4v) is 2.80. The third-order valence-electron chi connectivity index (χ3n) is 2.84. The summed E-state index contributed by atoms with van der Waals surface area (Å²) >= 11 is 1.47. The van der Waals surface area contributed by atoms with E-state index in [2.05, 4.69) is 0 Å². The molecule has 0 heterocycles. The molecule has 2 aromatic rings. The Morgan fingerprint density at radius 3 is 2.28 bits per heavy atom. The molecule has 0 saturated carbocycles. The van der Waals surface area contributed by atoms with Crippen LogP contribution in [0.3, 0.4) is 0 Å². The zero-order chi connectivity index (χ0) is 13.0. The van der Waals surface area contributed by atoms with Crippen molar-refractivity contribution < 1.29 is 4.39 Å². The summed E-state index contributed by atoms with van der Waals surface area (Å²) in [5.41, 5.74) is 7.27. The summed E-state index contributed by atoms with van der Waals surface area (Å²) in [6, 6.07) is 16.6. The maximum Gasteiger partial charge on any atom is 0.136 e. The second kappa shape index (κ2) is 6.03. The summed E-state index contributed by atoms with van der Waals surface area (Å²) in [6.45, 7) is 2.02. The number of benzene rings is 2. The number of thioether (sulfide) groups is 1. The first-order valence-corrected chi connectivity index (χ1v) is 6.78. The molecule has 2 rings (SSSR count). The van der Waals surface area contributed by atoms with Crippen LogP contribution in [0, 0.1) is 5.82 Å². The maximum absolute atomic E-state index is 13.6. The van der Waals surface area contributed by atoms with Crippen molar-refractivity contribution in [3.05, 3.63) is 66.0 Å². The Balaban J connectivity index is 2.09. The Bertz CT molecular complexity index is 501. The minimum absolute atomic E-state index is 0.101. The van der Waals surface area contributed by atoms with Gasteiger partial charge in [-0.15, -0.1) is 11.8 Å². The number of rotatable bonds is 4. The highest BCUT2D eigenvalue weighted by Gasteiger charge is 2.17. The van der Waals surface area contributed by atoms with E-state index in [0.29, 0.717) is 4.90 Å². The molecule has 0 spiro atoms. The van der Waals surface area contributed by atoms with E-state index in [1.165, 1.54) is 17.8 Å². The molecule has 2 unspecified atom stereocenters. The Morgan fingerprint density at radius 2 is 1.61 bits per heavy atom. The SMILES string of the molecule is CC(Sc1ccccc1F)C(N)c1ccccc1. The van der Waals surface area contributed by atoms with E-state index >= 15 is 0 Å². The smallest absolute Gasteiger partial charge is 0.136 e. The van der Waals surface area contributed by atoms with Gasteiger partial charge < -0.3 is 5.73 Å². The van der Waals surface area contributed by atoms with Crippen molar-refractivity contribution in [1.82, 2.24) is 0 Å². The largest absolute Gasteiger partial charge is 0.323 e. The second-order valence-corrected chi connectivity index (χ2v) is 5.61. The molecule has 0 saturated heterocycles. The quantitative estimate of drug-likeness (QED) is 0.842. The summed E-state index contributed by atoms with van der Waals surface area (Å²) in [6.07, 6.45) is 0. The first-order chi connectivity index (χ1) is 8.68. The van der Waals surface area contributed by atoms with Crippen molar-refractivity contribution in [3.8, 4) is 0 Å². The zero-order valence-corrected chi connectivity index (χ0v) is 11.0. The molecule has 2 aromatic carbocycles. The summed E-state index contributed by atoms with van der Waals surface area (Å²) < 4.78 is 13.6. The number of hydrogen-bond acceptors (Lipinski definition) is 2. The van der Waals surface area contributed by atoms with Crippen molar-refractivity contribution in [1.29, 1.82) is 0 Å². The van der Waals surface area contributed by atoms with Gasteiger partial charge in [0.15, 0.2) is 0 Å². The number of halogens is 1. The molecular formula is C15H16FNS. The van der Waals surface area contributed by atoms with Crippen LogP contribution in [0.2, 0.25) is 0 Å². The summed E-state index contributed by atoms with van der Waals surface area (Å²) in [5, 5.41) is 0.115. The van der Waals surface area contributed by atoms with Crippen LogP contribution in [0.1, 0.15) is 18.5 Å². The van der Waals surface area contributed by atoms with Gasteiger partial charge in [0.2, 0.25) is 0 Å². The summed E-state index contributed by atoms with van der Waals surface area (Å²) in [5.74, 6) is -0.186. The highest BCUT2D eigenvalue weighted by Crippen LogP contribution is 2.31. The van der Waals surface area contributed by atoms with E-state index in [4.69, 9.17) is 5.73 Å². The molecule has 0 aliphatic carbocycles. The van der Waals surface area contributed by atoms with Crippen LogP contribution < -0.4 is 5.73 Å². The Kier molecular flexibility index (Phi) is 4.39. The fourth-order valence-electron chi connectivity index (χ4n) is 1.76. The van der Waals surface area contributed by atoms with Gasteiger partial charge in [-0.25, -0.2) is 4.39 Å².